The van der Waals surface area contributed by atoms with Crippen molar-refractivity contribution < 1.29 is 48.3 Å². The van der Waals surface area contributed by atoms with Crippen LogP contribution in [0.3, 0.4) is 0 Å². The molecule has 0 aromatic rings. The first-order valence-corrected chi connectivity index (χ1v) is 25.5. The first-order valence-electron chi connectivity index (χ1n) is 25.5. The third-order valence-electron chi connectivity index (χ3n) is 11.1. The molecule has 0 saturated heterocycles. The molecule has 0 spiro atoms. The molecule has 36 nitrogen and oxygen atoms in total. The van der Waals surface area contributed by atoms with Gasteiger partial charge in [-0.3, -0.25) is 73.1 Å². The highest BCUT2D eigenvalue weighted by Gasteiger charge is 2.35. The predicted molar refractivity (Wildman–Crippen MR) is 300 cm³/mol. The average Bonchev–Trinajstić information content (AvgIpc) is 3.37. The Morgan fingerprint density at radius 3 is 0.812 bits per heavy atom. The molecule has 0 aliphatic carbocycles. The molecule has 0 fully saturated rings. The molecule has 7 amide bonds. The number of aliphatic hydroxyl groups is 1. The van der Waals surface area contributed by atoms with Crippen molar-refractivity contribution in [1.29, 1.82) is 0 Å². The van der Waals surface area contributed by atoms with E-state index in [9.17, 15) is 48.3 Å². The molecule has 452 valence electrons. The van der Waals surface area contributed by atoms with Crippen molar-refractivity contribution in [1.82, 2.24) is 42.5 Å². The van der Waals surface area contributed by atoms with Crippen LogP contribution in [-0.2, 0) is 43.2 Å². The Bertz CT molecular complexity index is 2200. The SMILES string of the molecule is CN[C@@H](CO)C(=O)C(=O)[C@H](CCCN=C(N)N)NC(=O)[C@H](CCCN=C(N)N)NC(=O)C(CCCN=C(N)N)NC(=O)[C@H](CCCN=C(N)N)NC(=O)C(CCCN=C(N)N)NC(=O)[C@H](CCCN=C(N)N)NC(=O)CNC(C)=O. The molecule has 7 atom stereocenters. The highest BCUT2D eigenvalue weighted by Crippen LogP contribution is 2.11. The summed E-state index contributed by atoms with van der Waals surface area (Å²) in [4.78, 5) is 146. The molecular formula is C44H86N26O10. The Balaban J connectivity index is 7.37. The normalized spacial score (nSPS) is 13.2. The summed E-state index contributed by atoms with van der Waals surface area (Å²) in [5, 5.41) is 30.1. The number of nitrogens with zero attached hydrogens (tertiary/aromatic N) is 6. The topological polar surface area (TPSA) is 656 Å². The highest BCUT2D eigenvalue weighted by atomic mass is 16.3. The third kappa shape index (κ3) is 33.4. The van der Waals surface area contributed by atoms with Gasteiger partial charge < -0.3 is 116 Å². The van der Waals surface area contributed by atoms with Crippen molar-refractivity contribution >= 4 is 88.7 Å². The Labute approximate surface area is 463 Å². The quantitative estimate of drug-likeness (QED) is 0.0117. The van der Waals surface area contributed by atoms with Gasteiger partial charge in [0.15, 0.2) is 35.8 Å². The molecule has 0 aromatic heterocycles. The first-order chi connectivity index (χ1) is 37.7. The van der Waals surface area contributed by atoms with Gasteiger partial charge in [0, 0.05) is 46.2 Å². The highest BCUT2D eigenvalue weighted by molar-refractivity contribution is 6.41. The second kappa shape index (κ2) is 40.4. The standard InChI is InChI=1S/C44H86N26O10/c1-23(72)64-21-31(73)65-25(10-4-16-59-40(47)48)34(76)67-27(12-6-18-61-42(51)52)36(78)69-29(14-8-20-63-44(55)56)38(80)70-28(13-7-19-62-43(53)54)37(79)68-26(11-5-17-60-41(49)50)35(77)66-24(9-3-15-58-39(45)46)32(74)33(75)30(22-71)57-2/h24-30,57,71H,3-22H2,1-2H3,(H,64,72)(H,65,73)(H,66,77)(H,67,76)(H,68,79)(H,69,78)(H,70,80)(H4,45,46,58)(H4,47,48,59)(H4,49,50,60)(H4,51,52,61)(H4,53,54,62)(H4,55,56,63)/t24-,25-,26-,27?,28?,29-,30-/m0/s1. The van der Waals surface area contributed by atoms with Crippen molar-refractivity contribution in [2.75, 3.05) is 59.5 Å². The second-order valence-corrected chi connectivity index (χ2v) is 17.8. The van der Waals surface area contributed by atoms with Crippen LogP contribution in [0.4, 0.5) is 0 Å². The number of carbonyl (C=O) groups is 9. The largest absolute Gasteiger partial charge is 0.394 e. The molecule has 0 aromatic carbocycles. The third-order valence-corrected chi connectivity index (χ3v) is 11.1. The number of aliphatic imine (C=N–C) groups is 6. The van der Waals surface area contributed by atoms with Crippen LogP contribution in [0.5, 0.6) is 0 Å². The minimum absolute atomic E-state index is 0.00101. The van der Waals surface area contributed by atoms with E-state index >= 15 is 0 Å². The van der Waals surface area contributed by atoms with E-state index in [4.69, 9.17) is 68.8 Å². The summed E-state index contributed by atoms with van der Waals surface area (Å²) >= 11 is 0. The molecule has 33 N–H and O–H groups in total. The van der Waals surface area contributed by atoms with Gasteiger partial charge in [-0.15, -0.1) is 0 Å². The maximum atomic E-state index is 14.5. The van der Waals surface area contributed by atoms with Crippen LogP contribution in [0.2, 0.25) is 0 Å². The number of guanidine groups is 6. The lowest BCUT2D eigenvalue weighted by atomic mass is 9.98. The van der Waals surface area contributed by atoms with E-state index < -0.39 is 108 Å². The number of likely N-dealkylation sites (N-methyl/N-ethyl adjacent to an activating group) is 1. The molecule has 80 heavy (non-hydrogen) atoms. The molecule has 0 saturated carbocycles. The molecule has 0 radical (unpaired) electrons. The summed E-state index contributed by atoms with van der Waals surface area (Å²) in [6, 6.07) is -10.0. The number of nitrogens with two attached hydrogens (primary N) is 12. The summed E-state index contributed by atoms with van der Waals surface area (Å²) in [5.41, 5.74) is 65.9. The van der Waals surface area contributed by atoms with Gasteiger partial charge in [-0.2, -0.15) is 0 Å². The van der Waals surface area contributed by atoms with Gasteiger partial charge in [0.1, 0.15) is 30.2 Å². The number of ketones is 2. The number of rotatable bonds is 42. The molecule has 0 rings (SSSR count). The summed E-state index contributed by atoms with van der Waals surface area (Å²) in [6.07, 6.45) is -0.299. The molecule has 0 aliphatic heterocycles. The van der Waals surface area contributed by atoms with Gasteiger partial charge in [0.2, 0.25) is 52.9 Å². The van der Waals surface area contributed by atoms with Gasteiger partial charge in [0.05, 0.1) is 25.2 Å². The fraction of sp³-hybridized carbons (Fsp3) is 0.659. The fourth-order valence-electron chi connectivity index (χ4n) is 7.09. The summed E-state index contributed by atoms with van der Waals surface area (Å²) in [6.45, 7) is -0.0736. The first kappa shape index (κ1) is 71.2. The number of Topliss-reactive ketones (excluding diaryl/α,β-unsaturated/α-hetero) is 2. The molecule has 0 heterocycles. The Kier molecular flexibility index (Phi) is 35.9. The van der Waals surface area contributed by atoms with E-state index in [0.717, 1.165) is 0 Å². The second-order valence-electron chi connectivity index (χ2n) is 17.8. The number of carbonyl (C=O) groups excluding carboxylic acids is 9. The summed E-state index contributed by atoms with van der Waals surface area (Å²) in [5.74, 6) is -9.55. The van der Waals surface area contributed by atoms with E-state index in [-0.39, 0.29) is 152 Å². The minimum Gasteiger partial charge on any atom is -0.394 e. The molecular weight excluding hydrogens is 1050 g/mol. The lowest BCUT2D eigenvalue weighted by Gasteiger charge is -2.28. The van der Waals surface area contributed by atoms with Gasteiger partial charge in [-0.25, -0.2) is 0 Å². The smallest absolute Gasteiger partial charge is 0.243 e. The summed E-state index contributed by atoms with van der Waals surface area (Å²) < 4.78 is 0. The van der Waals surface area contributed by atoms with Crippen LogP contribution in [0, 0.1) is 0 Å². The van der Waals surface area contributed by atoms with Crippen LogP contribution in [0.25, 0.3) is 0 Å². The molecule has 2 unspecified atom stereocenters. The zero-order valence-corrected chi connectivity index (χ0v) is 45.4. The maximum absolute atomic E-state index is 14.5. The predicted octanol–water partition coefficient (Wildman–Crippen LogP) is -10.9. The van der Waals surface area contributed by atoms with Gasteiger partial charge >= 0.3 is 0 Å². The van der Waals surface area contributed by atoms with Gasteiger partial charge in [-0.05, 0) is 84.1 Å². The number of hydrogen-bond acceptors (Lipinski definition) is 17. The van der Waals surface area contributed by atoms with Crippen LogP contribution in [-0.4, -0.2) is 196 Å². The molecule has 36 heteroatoms. The van der Waals surface area contributed by atoms with E-state index in [2.05, 4.69) is 72.5 Å². The lowest BCUT2D eigenvalue weighted by molar-refractivity contribution is -0.141. The van der Waals surface area contributed by atoms with E-state index in [1.807, 2.05) is 0 Å². The van der Waals surface area contributed by atoms with Crippen molar-refractivity contribution in [3.63, 3.8) is 0 Å². The number of aliphatic hydroxyl groups excluding tert-OH is 1. The maximum Gasteiger partial charge on any atom is 0.243 e. The Morgan fingerprint density at radius 1 is 0.362 bits per heavy atom. The van der Waals surface area contributed by atoms with E-state index in [1.165, 1.54) is 14.0 Å². The van der Waals surface area contributed by atoms with Crippen LogP contribution in [0.15, 0.2) is 30.0 Å². The number of nitrogens with one attached hydrogen (secondary N) is 8. The average molecular weight is 1140 g/mol. The summed E-state index contributed by atoms with van der Waals surface area (Å²) in [7, 11) is 1.34. The van der Waals surface area contributed by atoms with Gasteiger partial charge in [0.25, 0.3) is 0 Å². The van der Waals surface area contributed by atoms with E-state index in [1.54, 1.807) is 0 Å². The Hall–Kier alpha value is -8.83. The van der Waals surface area contributed by atoms with Crippen molar-refractivity contribution in [2.45, 2.75) is 126 Å². The zero-order valence-electron chi connectivity index (χ0n) is 45.4. The lowest BCUT2D eigenvalue weighted by Crippen LogP contribution is -2.60. The van der Waals surface area contributed by atoms with Crippen LogP contribution < -0.4 is 111 Å². The zero-order chi connectivity index (χ0) is 60.7. The van der Waals surface area contributed by atoms with Crippen molar-refractivity contribution in [2.24, 2.45) is 98.8 Å². The number of amides is 7. The number of hydrogen-bond donors (Lipinski definition) is 21. The molecule has 0 aliphatic rings. The van der Waals surface area contributed by atoms with Crippen molar-refractivity contribution in [3.8, 4) is 0 Å². The van der Waals surface area contributed by atoms with Crippen molar-refractivity contribution in [3.05, 3.63) is 0 Å². The Morgan fingerprint density at radius 2 is 0.588 bits per heavy atom. The van der Waals surface area contributed by atoms with E-state index in [0.29, 0.717) is 0 Å². The van der Waals surface area contributed by atoms with Crippen LogP contribution in [0.1, 0.15) is 84.0 Å². The van der Waals surface area contributed by atoms with Gasteiger partial charge in [-0.1, -0.05) is 0 Å². The minimum atomic E-state index is -1.50. The monoisotopic (exact) mass is 1140 g/mol. The van der Waals surface area contributed by atoms with Crippen LogP contribution >= 0.6 is 0 Å². The molecule has 0 bridgehead atoms. The fourth-order valence-corrected chi connectivity index (χ4v) is 7.09.